The van der Waals surface area contributed by atoms with E-state index in [4.69, 9.17) is 28.7 Å². The molecule has 0 aromatic heterocycles. The van der Waals surface area contributed by atoms with Gasteiger partial charge >= 0.3 is 5.97 Å². The van der Waals surface area contributed by atoms with Gasteiger partial charge in [0, 0.05) is 42.0 Å². The number of benzene rings is 1. The van der Waals surface area contributed by atoms with Crippen molar-refractivity contribution in [1.29, 1.82) is 0 Å². The van der Waals surface area contributed by atoms with Crippen LogP contribution >= 0.6 is 0 Å². The van der Waals surface area contributed by atoms with Crippen molar-refractivity contribution in [3.63, 3.8) is 0 Å². The minimum absolute atomic E-state index is 0.0194. The van der Waals surface area contributed by atoms with Gasteiger partial charge in [0.05, 0.1) is 27.9 Å². The summed E-state index contributed by atoms with van der Waals surface area (Å²) in [6.45, 7) is 6.30. The van der Waals surface area contributed by atoms with E-state index in [9.17, 15) is 9.59 Å². The maximum atomic E-state index is 13.4. The zero-order valence-corrected chi connectivity index (χ0v) is 20.4. The molecule has 8 heteroatoms. The molecular formula is C25H33NO7. The average Bonchev–Trinajstić information content (AvgIpc) is 2.76. The molecule has 1 aliphatic heterocycles. The lowest BCUT2D eigenvalue weighted by molar-refractivity contribution is -0.147. The molecule has 0 saturated carbocycles. The maximum Gasteiger partial charge on any atom is 0.315 e. The molecule has 0 fully saturated rings. The Bertz CT molecular complexity index is 993. The van der Waals surface area contributed by atoms with Crippen molar-refractivity contribution in [2.24, 2.45) is 16.3 Å². The van der Waals surface area contributed by atoms with E-state index < -0.39 is 17.8 Å². The molecule has 8 nitrogen and oxygen atoms in total. The lowest BCUT2D eigenvalue weighted by atomic mass is 9.66. The van der Waals surface area contributed by atoms with Gasteiger partial charge in [0.25, 0.3) is 0 Å². The Balaban J connectivity index is 2.22. The van der Waals surface area contributed by atoms with Crippen LogP contribution in [0.4, 0.5) is 0 Å². The van der Waals surface area contributed by atoms with Crippen molar-refractivity contribution in [1.82, 2.24) is 0 Å². The van der Waals surface area contributed by atoms with Crippen molar-refractivity contribution in [3.8, 4) is 17.2 Å². The largest absolute Gasteiger partial charge is 0.493 e. The lowest BCUT2D eigenvalue weighted by Crippen LogP contribution is -2.40. The molecular weight excluding hydrogens is 426 g/mol. The molecule has 2 atom stereocenters. The fraction of sp³-hybridized carbons (Fsp3) is 0.560. The number of allylic oxidation sites excluding steroid dienone is 2. The van der Waals surface area contributed by atoms with E-state index in [0.717, 1.165) is 5.70 Å². The first kappa shape index (κ1) is 24.8. The van der Waals surface area contributed by atoms with Crippen LogP contribution in [0.15, 0.2) is 28.4 Å². The molecule has 0 N–H and O–H groups in total. The van der Waals surface area contributed by atoms with Crippen molar-refractivity contribution in [3.05, 3.63) is 29.0 Å². The second kappa shape index (κ2) is 9.95. The number of hydrogen-bond donors (Lipinski definition) is 0. The lowest BCUT2D eigenvalue weighted by Gasteiger charge is -2.39. The van der Waals surface area contributed by atoms with Crippen LogP contribution in [-0.2, 0) is 19.1 Å². The Morgan fingerprint density at radius 3 is 2.33 bits per heavy atom. The van der Waals surface area contributed by atoms with Gasteiger partial charge in [-0.1, -0.05) is 19.9 Å². The molecule has 0 amide bonds. The van der Waals surface area contributed by atoms with Crippen LogP contribution in [0.5, 0.6) is 17.2 Å². The number of esters is 1. The number of methoxy groups -OCH3 is 4. The number of rotatable bonds is 8. The Kier molecular flexibility index (Phi) is 7.47. The average molecular weight is 460 g/mol. The summed E-state index contributed by atoms with van der Waals surface area (Å²) in [5.74, 6) is -0.577. The summed E-state index contributed by atoms with van der Waals surface area (Å²) in [4.78, 5) is 31.4. The highest BCUT2D eigenvalue weighted by molar-refractivity contribution is 6.09. The molecule has 3 rings (SSSR count). The molecule has 33 heavy (non-hydrogen) atoms. The minimum Gasteiger partial charge on any atom is -0.493 e. The molecule has 1 aliphatic carbocycles. The Morgan fingerprint density at radius 1 is 1.03 bits per heavy atom. The van der Waals surface area contributed by atoms with Gasteiger partial charge in [-0.3, -0.25) is 14.6 Å². The highest BCUT2D eigenvalue weighted by atomic mass is 16.6. The topological polar surface area (TPSA) is 92.7 Å². The summed E-state index contributed by atoms with van der Waals surface area (Å²) in [5.41, 5.74) is 2.30. The van der Waals surface area contributed by atoms with Crippen LogP contribution in [0.1, 0.15) is 45.1 Å². The normalized spacial score (nSPS) is 21.8. The first-order valence-corrected chi connectivity index (χ1v) is 10.9. The van der Waals surface area contributed by atoms with Crippen LogP contribution < -0.4 is 14.2 Å². The van der Waals surface area contributed by atoms with Crippen LogP contribution in [0, 0.1) is 11.3 Å². The van der Waals surface area contributed by atoms with Gasteiger partial charge in [0.2, 0.25) is 5.75 Å². The molecule has 2 aliphatic rings. The van der Waals surface area contributed by atoms with Gasteiger partial charge in [0.15, 0.2) is 17.3 Å². The SMILES string of the molecule is COCCOC(=O)C1C(C)=NC2=C(C(=O)CC(C)(C)C2)[C@H]1c1ccc(OC)c(OC)c1OC. The van der Waals surface area contributed by atoms with Crippen LogP contribution in [0.2, 0.25) is 0 Å². The van der Waals surface area contributed by atoms with Gasteiger partial charge in [-0.2, -0.15) is 0 Å². The van der Waals surface area contributed by atoms with Crippen molar-refractivity contribution in [2.45, 2.75) is 39.5 Å². The monoisotopic (exact) mass is 459 g/mol. The predicted octanol–water partition coefficient (Wildman–Crippen LogP) is 3.72. The number of nitrogens with zero attached hydrogens (tertiary/aromatic N) is 1. The summed E-state index contributed by atoms with van der Waals surface area (Å²) < 4.78 is 27.2. The third-order valence-electron chi connectivity index (χ3n) is 6.16. The fourth-order valence-electron chi connectivity index (χ4n) is 4.77. The van der Waals surface area contributed by atoms with Crippen LogP contribution in [-0.4, -0.2) is 59.1 Å². The van der Waals surface area contributed by atoms with Gasteiger partial charge in [-0.15, -0.1) is 0 Å². The highest BCUT2D eigenvalue weighted by Gasteiger charge is 2.47. The molecule has 0 saturated heterocycles. The summed E-state index contributed by atoms with van der Waals surface area (Å²) in [5, 5.41) is 0. The molecule has 180 valence electrons. The van der Waals surface area contributed by atoms with Crippen LogP contribution in [0.25, 0.3) is 0 Å². The fourth-order valence-corrected chi connectivity index (χ4v) is 4.77. The molecule has 0 bridgehead atoms. The smallest absolute Gasteiger partial charge is 0.315 e. The van der Waals surface area contributed by atoms with Crippen LogP contribution in [0.3, 0.4) is 0 Å². The first-order valence-electron chi connectivity index (χ1n) is 10.9. The van der Waals surface area contributed by atoms with Gasteiger partial charge < -0.3 is 23.7 Å². The number of aliphatic imine (C=N–C) groups is 1. The Morgan fingerprint density at radius 2 is 1.73 bits per heavy atom. The standard InChI is InChI=1S/C25H33NO7/c1-14-19(24(28)33-11-10-29-4)20(21-16(26-14)12-25(2,3)13-17(21)27)15-8-9-18(30-5)23(32-7)22(15)31-6/h8-9,19-20H,10-13H2,1-7H3/t19?,20-/m0/s1. The summed E-state index contributed by atoms with van der Waals surface area (Å²) in [7, 11) is 6.13. The number of Topliss-reactive ketones (excluding diaryl/α,β-unsaturated/α-hetero) is 1. The van der Waals surface area contributed by atoms with Gasteiger partial charge in [-0.05, 0) is 24.8 Å². The molecule has 1 aromatic rings. The number of ketones is 1. The Labute approximate surface area is 194 Å². The number of carbonyl (C=O) groups excluding carboxylic acids is 2. The molecule has 0 spiro atoms. The third kappa shape index (κ3) is 4.76. The van der Waals surface area contributed by atoms with Gasteiger partial charge in [-0.25, -0.2) is 0 Å². The minimum atomic E-state index is -0.780. The van der Waals surface area contributed by atoms with Crippen molar-refractivity contribution >= 4 is 17.5 Å². The second-order valence-corrected chi connectivity index (χ2v) is 9.09. The van der Waals surface area contributed by atoms with E-state index in [1.165, 1.54) is 28.4 Å². The summed E-state index contributed by atoms with van der Waals surface area (Å²) in [6, 6.07) is 3.57. The molecule has 0 radical (unpaired) electrons. The van der Waals surface area contributed by atoms with E-state index in [0.29, 0.717) is 46.9 Å². The van der Waals surface area contributed by atoms with E-state index in [1.54, 1.807) is 13.0 Å². The highest BCUT2D eigenvalue weighted by Crippen LogP contribution is 2.52. The second-order valence-electron chi connectivity index (χ2n) is 9.09. The number of hydrogen-bond acceptors (Lipinski definition) is 8. The predicted molar refractivity (Wildman–Crippen MR) is 123 cm³/mol. The quantitative estimate of drug-likeness (QED) is 0.432. The van der Waals surface area contributed by atoms with Crippen molar-refractivity contribution in [2.75, 3.05) is 41.7 Å². The summed E-state index contributed by atoms with van der Waals surface area (Å²) in [6.07, 6.45) is 1.01. The van der Waals surface area contributed by atoms with E-state index in [1.807, 2.05) is 6.07 Å². The first-order chi connectivity index (χ1) is 15.7. The van der Waals surface area contributed by atoms with Gasteiger partial charge in [0.1, 0.15) is 12.5 Å². The number of carbonyl (C=O) groups is 2. The van der Waals surface area contributed by atoms with E-state index in [2.05, 4.69) is 13.8 Å². The van der Waals surface area contributed by atoms with Crippen molar-refractivity contribution < 1.29 is 33.3 Å². The Hall–Kier alpha value is -2.87. The summed E-state index contributed by atoms with van der Waals surface area (Å²) >= 11 is 0. The third-order valence-corrected chi connectivity index (χ3v) is 6.16. The zero-order chi connectivity index (χ0) is 24.3. The zero-order valence-electron chi connectivity index (χ0n) is 20.4. The molecule has 1 heterocycles. The molecule has 1 unspecified atom stereocenters. The van der Waals surface area contributed by atoms with E-state index in [-0.39, 0.29) is 24.4 Å². The maximum absolute atomic E-state index is 13.4. The van der Waals surface area contributed by atoms with E-state index >= 15 is 0 Å². The number of ether oxygens (including phenoxy) is 5. The molecule has 1 aromatic carbocycles.